The van der Waals surface area contributed by atoms with E-state index in [0.717, 1.165) is 55.7 Å². The van der Waals surface area contributed by atoms with Crippen molar-refractivity contribution in [1.82, 2.24) is 9.47 Å². The van der Waals surface area contributed by atoms with Crippen LogP contribution in [0.4, 0.5) is 10.2 Å². The molecule has 0 radical (unpaired) electrons. The monoisotopic (exact) mass is 538 g/mol. The van der Waals surface area contributed by atoms with Crippen LogP contribution in [0.2, 0.25) is 0 Å². The summed E-state index contributed by atoms with van der Waals surface area (Å²) < 4.78 is 15.5. The average molecular weight is 539 g/mol. The molecule has 37 heavy (non-hydrogen) atoms. The van der Waals surface area contributed by atoms with Gasteiger partial charge in [0.2, 0.25) is 0 Å². The van der Waals surface area contributed by atoms with Gasteiger partial charge in [0.15, 0.2) is 0 Å². The van der Waals surface area contributed by atoms with Gasteiger partial charge in [-0.15, -0.1) is 0 Å². The molecule has 1 aromatic carbocycles. The lowest BCUT2D eigenvalue weighted by atomic mass is 9.98. The molecule has 0 saturated carbocycles. The number of aromatic nitrogens is 1. The Balaban J connectivity index is 1.81. The van der Waals surface area contributed by atoms with Crippen LogP contribution in [0, 0.1) is 30.0 Å². The highest BCUT2D eigenvalue weighted by Crippen LogP contribution is 2.37. The third kappa shape index (κ3) is 5.65. The smallest absolute Gasteiger partial charge is 0.270 e. The van der Waals surface area contributed by atoms with E-state index < -0.39 is 0 Å². The number of amides is 1. The van der Waals surface area contributed by atoms with E-state index in [0.29, 0.717) is 27.3 Å². The molecule has 0 bridgehead atoms. The van der Waals surface area contributed by atoms with Gasteiger partial charge < -0.3 is 4.90 Å². The molecule has 2 fully saturated rings. The first-order chi connectivity index (χ1) is 17.7. The zero-order valence-corrected chi connectivity index (χ0v) is 23.1. The molecule has 3 heterocycles. The summed E-state index contributed by atoms with van der Waals surface area (Å²) in [6.45, 7) is 8.44. The lowest BCUT2D eigenvalue weighted by Gasteiger charge is -2.36. The maximum absolute atomic E-state index is 13.4. The molecule has 1 aromatic heterocycles. The summed E-state index contributed by atoms with van der Waals surface area (Å²) in [7, 11) is 0. The fourth-order valence-corrected chi connectivity index (χ4v) is 6.17. The molecule has 2 aliphatic rings. The number of piperidine rings is 1. The van der Waals surface area contributed by atoms with Crippen LogP contribution >= 0.6 is 24.0 Å². The highest BCUT2D eigenvalue weighted by Gasteiger charge is 2.33. The number of hydrogen-bond donors (Lipinski definition) is 0. The molecule has 2 saturated heterocycles. The number of thiocarbonyl (C=S) groups is 1. The highest BCUT2D eigenvalue weighted by atomic mass is 32.2. The number of benzene rings is 1. The molecule has 1 atom stereocenters. The molecule has 194 valence electrons. The Labute approximate surface area is 226 Å². The van der Waals surface area contributed by atoms with Gasteiger partial charge in [0, 0.05) is 25.2 Å². The van der Waals surface area contributed by atoms with Crippen LogP contribution in [-0.4, -0.2) is 32.8 Å². The third-order valence-electron chi connectivity index (χ3n) is 6.94. The lowest BCUT2D eigenvalue weighted by molar-refractivity contribution is -0.122. The Kier molecular flexibility index (Phi) is 8.50. The Morgan fingerprint density at radius 2 is 2.00 bits per heavy atom. The van der Waals surface area contributed by atoms with Crippen molar-refractivity contribution in [1.29, 1.82) is 5.26 Å². The molecule has 9 heteroatoms. The van der Waals surface area contributed by atoms with Crippen LogP contribution in [0.3, 0.4) is 0 Å². The SMILES string of the molecule is CCCCn1c(N2CCCC(C)C2)c(/C=C2/SC(=S)N(Cc3ccc(F)cc3)C2=O)c(C)c(C#N)c1=O. The van der Waals surface area contributed by atoms with Gasteiger partial charge in [0.1, 0.15) is 27.6 Å². The van der Waals surface area contributed by atoms with Gasteiger partial charge in [-0.05, 0) is 61.4 Å². The van der Waals surface area contributed by atoms with Crippen molar-refractivity contribution in [2.45, 2.75) is 59.5 Å². The normalized spacial score (nSPS) is 19.1. The lowest BCUT2D eigenvalue weighted by Crippen LogP contribution is -2.40. The van der Waals surface area contributed by atoms with Gasteiger partial charge in [-0.1, -0.05) is 56.4 Å². The molecule has 1 amide bonds. The molecule has 4 rings (SSSR count). The summed E-state index contributed by atoms with van der Waals surface area (Å²) in [6, 6.07) is 8.11. The van der Waals surface area contributed by atoms with Crippen molar-refractivity contribution in [2.24, 2.45) is 5.92 Å². The molecule has 0 spiro atoms. The zero-order valence-electron chi connectivity index (χ0n) is 21.4. The van der Waals surface area contributed by atoms with Crippen molar-refractivity contribution < 1.29 is 9.18 Å². The molecule has 1 unspecified atom stereocenters. The summed E-state index contributed by atoms with van der Waals surface area (Å²) in [5, 5.41) is 9.87. The minimum absolute atomic E-state index is 0.109. The van der Waals surface area contributed by atoms with Crippen molar-refractivity contribution >= 4 is 46.1 Å². The predicted octanol–water partition coefficient (Wildman–Crippen LogP) is 5.61. The Bertz CT molecular complexity index is 1340. The minimum Gasteiger partial charge on any atom is -0.357 e. The maximum atomic E-state index is 13.4. The summed E-state index contributed by atoms with van der Waals surface area (Å²) >= 11 is 6.74. The number of anilines is 1. The molecular weight excluding hydrogens is 507 g/mol. The molecule has 0 N–H and O–H groups in total. The predicted molar refractivity (Wildman–Crippen MR) is 151 cm³/mol. The molecule has 6 nitrogen and oxygen atoms in total. The van der Waals surface area contributed by atoms with Crippen LogP contribution in [0.1, 0.15) is 61.8 Å². The topological polar surface area (TPSA) is 69.3 Å². The molecule has 2 aliphatic heterocycles. The van der Waals surface area contributed by atoms with Crippen molar-refractivity contribution in [3.63, 3.8) is 0 Å². The van der Waals surface area contributed by atoms with E-state index in [2.05, 4.69) is 24.8 Å². The largest absolute Gasteiger partial charge is 0.357 e. The first kappa shape index (κ1) is 27.1. The second-order valence-corrected chi connectivity index (χ2v) is 11.4. The fraction of sp³-hybridized carbons (Fsp3) is 0.429. The molecule has 0 aliphatic carbocycles. The van der Waals surface area contributed by atoms with Crippen LogP contribution in [0.5, 0.6) is 0 Å². The van der Waals surface area contributed by atoms with E-state index >= 15 is 0 Å². The van der Waals surface area contributed by atoms with Crippen LogP contribution < -0.4 is 10.5 Å². The second-order valence-electron chi connectivity index (χ2n) is 9.75. The first-order valence-corrected chi connectivity index (χ1v) is 13.9. The number of halogens is 1. The van der Waals surface area contributed by atoms with Gasteiger partial charge in [-0.25, -0.2) is 4.39 Å². The minimum atomic E-state index is -0.337. The Morgan fingerprint density at radius 1 is 1.27 bits per heavy atom. The number of rotatable bonds is 7. The van der Waals surface area contributed by atoms with Crippen LogP contribution in [0.25, 0.3) is 6.08 Å². The van der Waals surface area contributed by atoms with Crippen molar-refractivity contribution in [2.75, 3.05) is 18.0 Å². The van der Waals surface area contributed by atoms with E-state index in [1.54, 1.807) is 29.7 Å². The quantitative estimate of drug-likeness (QED) is 0.337. The standard InChI is InChI=1S/C28H31FN4O2S2/c1-4-5-13-32-25(31-12-6-7-18(2)16-31)22(19(3)23(15-30)26(32)34)14-24-27(35)33(28(36)37-24)17-20-8-10-21(29)11-9-20/h8-11,14,18H,4-7,12-13,16-17H2,1-3H3/b24-14+. The summed E-state index contributed by atoms with van der Waals surface area (Å²) in [4.78, 5) is 31.1. The number of carbonyl (C=O) groups excluding carboxylic acids is 1. The van der Waals surface area contributed by atoms with E-state index in [-0.39, 0.29) is 29.4 Å². The third-order valence-corrected chi connectivity index (χ3v) is 8.32. The van der Waals surface area contributed by atoms with Gasteiger partial charge >= 0.3 is 0 Å². The fourth-order valence-electron chi connectivity index (χ4n) is 4.93. The highest BCUT2D eigenvalue weighted by molar-refractivity contribution is 8.26. The number of nitriles is 1. The van der Waals surface area contributed by atoms with E-state index in [4.69, 9.17) is 12.2 Å². The van der Waals surface area contributed by atoms with Gasteiger partial charge in [-0.3, -0.25) is 19.1 Å². The first-order valence-electron chi connectivity index (χ1n) is 12.7. The summed E-state index contributed by atoms with van der Waals surface area (Å²) in [5.74, 6) is 0.684. The second kappa shape index (κ2) is 11.6. The molecular formula is C28H31FN4O2S2. The van der Waals surface area contributed by atoms with Crippen molar-refractivity contribution in [3.8, 4) is 6.07 Å². The summed E-state index contributed by atoms with van der Waals surface area (Å²) in [5.41, 5.74) is 1.92. The average Bonchev–Trinajstić information content (AvgIpc) is 3.13. The van der Waals surface area contributed by atoms with E-state index in [1.807, 2.05) is 0 Å². The molecule has 2 aromatic rings. The number of carbonyl (C=O) groups is 1. The Hall–Kier alpha value is -2.96. The van der Waals surface area contributed by atoms with Gasteiger partial charge in [0.25, 0.3) is 11.5 Å². The zero-order chi connectivity index (χ0) is 26.7. The number of unbranched alkanes of at least 4 members (excludes halogenated alkanes) is 1. The number of hydrogen-bond acceptors (Lipinski definition) is 6. The van der Waals surface area contributed by atoms with Crippen molar-refractivity contribution in [3.05, 3.63) is 67.6 Å². The number of nitrogens with zero attached hydrogens (tertiary/aromatic N) is 4. The number of thioether (sulfide) groups is 1. The van der Waals surface area contributed by atoms with Gasteiger partial charge in [0.05, 0.1) is 11.4 Å². The van der Waals surface area contributed by atoms with Crippen LogP contribution in [0.15, 0.2) is 34.0 Å². The van der Waals surface area contributed by atoms with Gasteiger partial charge in [-0.2, -0.15) is 5.26 Å². The van der Waals surface area contributed by atoms with Crippen LogP contribution in [-0.2, 0) is 17.9 Å². The summed E-state index contributed by atoms with van der Waals surface area (Å²) in [6.07, 6.45) is 5.67. The Morgan fingerprint density at radius 3 is 2.65 bits per heavy atom. The number of pyridine rings is 1. The maximum Gasteiger partial charge on any atom is 0.270 e. The van der Waals surface area contributed by atoms with E-state index in [1.165, 1.54) is 28.8 Å². The van der Waals surface area contributed by atoms with E-state index in [9.17, 15) is 19.2 Å².